The highest BCUT2D eigenvalue weighted by molar-refractivity contribution is 9.12. The molecule has 0 aliphatic rings. The summed E-state index contributed by atoms with van der Waals surface area (Å²) in [7, 11) is 0. The molecule has 1 heterocycles. The molecule has 0 fully saturated rings. The number of aromatic nitrogens is 2. The first-order valence-corrected chi connectivity index (χ1v) is 8.48. The average Bonchev–Trinajstić information content (AvgIpc) is 2.45. The zero-order valence-electron chi connectivity index (χ0n) is 10.7. The second-order valence-electron chi connectivity index (χ2n) is 4.28. The zero-order valence-corrected chi connectivity index (χ0v) is 15.4. The summed E-state index contributed by atoms with van der Waals surface area (Å²) in [5.74, 6) is 0. The molecule has 0 saturated carbocycles. The number of hydrogen-bond acceptors (Lipinski definition) is 4. The summed E-state index contributed by atoms with van der Waals surface area (Å²) in [4.78, 5) is 36.4. The monoisotopic (exact) mass is 495 g/mol. The van der Waals surface area contributed by atoms with E-state index in [9.17, 15) is 19.7 Å². The van der Waals surface area contributed by atoms with Crippen LogP contribution in [0.2, 0.25) is 0 Å². The molecule has 2 atom stereocenters. The molecule has 22 heavy (non-hydrogen) atoms. The minimum atomic E-state index is -1.04. The smallest absolute Gasteiger partial charge is 0.304 e. The van der Waals surface area contributed by atoms with E-state index in [0.717, 1.165) is 10.0 Å². The van der Waals surface area contributed by atoms with E-state index >= 15 is 0 Å². The Morgan fingerprint density at radius 2 is 1.64 bits per heavy atom. The molecule has 10 heteroatoms. The van der Waals surface area contributed by atoms with E-state index in [1.165, 1.54) is 0 Å². The van der Waals surface area contributed by atoms with Crippen LogP contribution in [0.5, 0.6) is 0 Å². The van der Waals surface area contributed by atoms with Gasteiger partial charge in [-0.05, 0) is 17.7 Å². The van der Waals surface area contributed by atoms with E-state index < -0.39 is 31.5 Å². The van der Waals surface area contributed by atoms with Gasteiger partial charge in [-0.15, -0.1) is 0 Å². The topological polar surface area (TPSA) is 109 Å². The number of hydrogen-bond donors (Lipinski definition) is 2. The highest BCUT2D eigenvalue weighted by Crippen LogP contribution is 2.43. The van der Waals surface area contributed by atoms with Crippen molar-refractivity contribution < 1.29 is 4.92 Å². The average molecular weight is 498 g/mol. The molecular formula is C12H8Br3N3O4. The molecule has 2 aromatic rings. The van der Waals surface area contributed by atoms with Gasteiger partial charge in [0.05, 0.1) is 14.6 Å². The number of aromatic amines is 2. The van der Waals surface area contributed by atoms with Crippen molar-refractivity contribution in [2.24, 2.45) is 0 Å². The third-order valence-corrected chi connectivity index (χ3v) is 6.13. The van der Waals surface area contributed by atoms with Crippen molar-refractivity contribution in [2.45, 2.75) is 9.65 Å². The largest absolute Gasteiger partial charge is 0.354 e. The molecule has 0 aliphatic carbocycles. The van der Waals surface area contributed by atoms with Crippen LogP contribution < -0.4 is 11.2 Å². The second kappa shape index (κ2) is 6.88. The summed E-state index contributed by atoms with van der Waals surface area (Å²) in [6.07, 6.45) is 0. The maximum absolute atomic E-state index is 11.7. The van der Waals surface area contributed by atoms with Crippen molar-refractivity contribution in [3.8, 4) is 0 Å². The molecule has 0 amide bonds. The highest BCUT2D eigenvalue weighted by Gasteiger charge is 2.30. The zero-order chi connectivity index (χ0) is 16.4. The SMILES string of the molecule is O=c1[nH]c([C@@H](Br)[C@H](Br)c2ccc(Br)cc2)c([N+](=O)[O-])c(=O)[nH]1. The van der Waals surface area contributed by atoms with E-state index in [4.69, 9.17) is 0 Å². The van der Waals surface area contributed by atoms with Gasteiger partial charge in [0, 0.05) is 4.47 Å². The van der Waals surface area contributed by atoms with Gasteiger partial charge < -0.3 is 4.98 Å². The molecule has 7 nitrogen and oxygen atoms in total. The number of H-pyrrole nitrogens is 2. The standard InChI is InChI=1S/C12H8Br3N3O4/c13-6-3-1-5(2-4-6)7(14)8(15)9-10(18(21)22)11(19)17-12(20)16-9/h1-4,7-8H,(H2,16,17,19,20)/t7-,8+/m1/s1. The fourth-order valence-corrected chi connectivity index (χ4v) is 3.31. The molecule has 1 aromatic carbocycles. The van der Waals surface area contributed by atoms with Crippen LogP contribution in [0.25, 0.3) is 0 Å². The molecule has 1 aromatic heterocycles. The predicted octanol–water partition coefficient (Wildman–Crippen LogP) is 3.31. The molecule has 0 aliphatic heterocycles. The molecule has 0 radical (unpaired) electrons. The molecule has 116 valence electrons. The summed E-state index contributed by atoms with van der Waals surface area (Å²) >= 11 is 10.1. The highest BCUT2D eigenvalue weighted by atomic mass is 79.9. The van der Waals surface area contributed by atoms with Gasteiger partial charge in [-0.1, -0.05) is 59.9 Å². The molecule has 0 spiro atoms. The van der Waals surface area contributed by atoms with Gasteiger partial charge in [0.1, 0.15) is 5.69 Å². The third-order valence-electron chi connectivity index (χ3n) is 2.85. The van der Waals surface area contributed by atoms with Crippen molar-refractivity contribution in [3.05, 3.63) is 70.9 Å². The Balaban J connectivity index is 2.51. The number of rotatable bonds is 4. The minimum absolute atomic E-state index is 0.0939. The first-order valence-electron chi connectivity index (χ1n) is 5.85. The Morgan fingerprint density at radius 1 is 1.05 bits per heavy atom. The molecule has 0 saturated heterocycles. The quantitative estimate of drug-likeness (QED) is 0.383. The Bertz CT molecular complexity index is 816. The number of nitrogens with zero attached hydrogens (tertiary/aromatic N) is 1. The van der Waals surface area contributed by atoms with Crippen LogP contribution in [0.15, 0.2) is 38.3 Å². The minimum Gasteiger partial charge on any atom is -0.304 e. The van der Waals surface area contributed by atoms with E-state index in [0.29, 0.717) is 0 Å². The van der Waals surface area contributed by atoms with Gasteiger partial charge in [0.15, 0.2) is 0 Å². The molecular weight excluding hydrogens is 490 g/mol. The van der Waals surface area contributed by atoms with Crippen molar-refractivity contribution in [2.75, 3.05) is 0 Å². The summed E-state index contributed by atoms with van der Waals surface area (Å²) in [5.41, 5.74) is -1.80. The van der Waals surface area contributed by atoms with Crippen LogP contribution in [0.4, 0.5) is 5.69 Å². The normalized spacial score (nSPS) is 13.6. The Labute approximate surface area is 148 Å². The van der Waals surface area contributed by atoms with Gasteiger partial charge in [0.25, 0.3) is 0 Å². The van der Waals surface area contributed by atoms with Gasteiger partial charge in [-0.2, -0.15) is 0 Å². The summed E-state index contributed by atoms with van der Waals surface area (Å²) in [5, 5.41) is 11.1. The van der Waals surface area contributed by atoms with Crippen molar-refractivity contribution >= 4 is 53.5 Å². The van der Waals surface area contributed by atoms with Crippen molar-refractivity contribution in [3.63, 3.8) is 0 Å². The van der Waals surface area contributed by atoms with E-state index in [1.54, 1.807) is 0 Å². The maximum Gasteiger partial charge on any atom is 0.354 e. The Hall–Kier alpha value is -1.26. The first kappa shape index (κ1) is 17.1. The number of halogens is 3. The molecule has 0 unspecified atom stereocenters. The number of benzene rings is 1. The van der Waals surface area contributed by atoms with Crippen LogP contribution in [0.3, 0.4) is 0 Å². The summed E-state index contributed by atoms with van der Waals surface area (Å²) in [6, 6.07) is 7.26. The second-order valence-corrected chi connectivity index (χ2v) is 7.17. The van der Waals surface area contributed by atoms with Crippen LogP contribution in [-0.2, 0) is 0 Å². The van der Waals surface area contributed by atoms with Gasteiger partial charge in [-0.3, -0.25) is 19.9 Å². The number of nitro groups is 1. The van der Waals surface area contributed by atoms with Gasteiger partial charge in [0.2, 0.25) is 0 Å². The lowest BCUT2D eigenvalue weighted by molar-refractivity contribution is -0.387. The fourth-order valence-electron chi connectivity index (χ4n) is 1.84. The maximum atomic E-state index is 11.7. The molecule has 2 rings (SSSR count). The van der Waals surface area contributed by atoms with Crippen molar-refractivity contribution in [1.29, 1.82) is 0 Å². The lowest BCUT2D eigenvalue weighted by atomic mass is 10.1. The predicted molar refractivity (Wildman–Crippen MR) is 91.8 cm³/mol. The Morgan fingerprint density at radius 3 is 2.18 bits per heavy atom. The molecule has 2 N–H and O–H groups in total. The number of alkyl halides is 2. The lowest BCUT2D eigenvalue weighted by Crippen LogP contribution is -2.27. The van der Waals surface area contributed by atoms with Crippen LogP contribution >= 0.6 is 47.8 Å². The summed E-state index contributed by atoms with van der Waals surface area (Å²) < 4.78 is 0.887. The van der Waals surface area contributed by atoms with E-state index in [2.05, 4.69) is 52.8 Å². The lowest BCUT2D eigenvalue weighted by Gasteiger charge is -2.17. The van der Waals surface area contributed by atoms with Gasteiger partial charge >= 0.3 is 16.9 Å². The van der Waals surface area contributed by atoms with Crippen LogP contribution in [0.1, 0.15) is 20.9 Å². The third kappa shape index (κ3) is 3.55. The first-order chi connectivity index (χ1) is 10.3. The Kier molecular flexibility index (Phi) is 5.35. The molecule has 0 bridgehead atoms. The summed E-state index contributed by atoms with van der Waals surface area (Å²) in [6.45, 7) is 0. The van der Waals surface area contributed by atoms with Gasteiger partial charge in [-0.25, -0.2) is 4.79 Å². The van der Waals surface area contributed by atoms with Crippen molar-refractivity contribution in [1.82, 2.24) is 9.97 Å². The number of nitrogens with one attached hydrogen (secondary N) is 2. The van der Waals surface area contributed by atoms with Crippen LogP contribution in [-0.4, -0.2) is 14.9 Å². The van der Waals surface area contributed by atoms with E-state index in [-0.39, 0.29) is 5.69 Å². The van der Waals surface area contributed by atoms with Crippen LogP contribution in [0, 0.1) is 10.1 Å². The fraction of sp³-hybridized carbons (Fsp3) is 0.167. The van der Waals surface area contributed by atoms with E-state index in [1.807, 2.05) is 29.2 Å².